The molecule has 0 saturated heterocycles. The van der Waals surface area contributed by atoms with Gasteiger partial charge in [-0.2, -0.15) is 13.2 Å². The molecule has 134 valence electrons. The highest BCUT2D eigenvalue weighted by atomic mass is 19.4. The molecule has 0 radical (unpaired) electrons. The molecule has 7 heteroatoms. The van der Waals surface area contributed by atoms with Crippen molar-refractivity contribution in [3.05, 3.63) is 41.8 Å². The highest BCUT2D eigenvalue weighted by molar-refractivity contribution is 6.48. The van der Waals surface area contributed by atoms with Crippen molar-refractivity contribution < 1.29 is 22.7 Å². The first-order chi connectivity index (χ1) is 11.9. The van der Waals surface area contributed by atoms with Gasteiger partial charge < -0.3 is 4.74 Å². The normalized spacial score (nSPS) is 21.4. The molecule has 0 bridgehead atoms. The van der Waals surface area contributed by atoms with Crippen LogP contribution in [0.3, 0.4) is 0 Å². The number of carbonyl (C=O) groups is 1. The summed E-state index contributed by atoms with van der Waals surface area (Å²) in [5.41, 5.74) is -1.39. The third-order valence-corrected chi connectivity index (χ3v) is 4.50. The summed E-state index contributed by atoms with van der Waals surface area (Å²) in [5, 5.41) is 0. The molecule has 1 fully saturated rings. The van der Waals surface area contributed by atoms with Crippen LogP contribution in [0.5, 0.6) is 0 Å². The van der Waals surface area contributed by atoms with E-state index in [2.05, 4.69) is 4.99 Å². The number of halogens is 3. The predicted octanol–water partition coefficient (Wildman–Crippen LogP) is 4.35. The van der Waals surface area contributed by atoms with Crippen LogP contribution in [0.1, 0.15) is 32.1 Å². The fourth-order valence-corrected chi connectivity index (χ4v) is 3.40. The molecule has 1 heterocycles. The van der Waals surface area contributed by atoms with Crippen LogP contribution < -0.4 is 0 Å². The van der Waals surface area contributed by atoms with E-state index in [1.807, 2.05) is 0 Å². The number of para-hydroxylation sites is 1. The SMILES string of the molecule is COC1=C(C(F)(F)F)C(=Nc2ccccc2)C(=O)N1C1CCCCC1. The molecule has 1 saturated carbocycles. The van der Waals surface area contributed by atoms with Gasteiger partial charge in [0.05, 0.1) is 12.8 Å². The van der Waals surface area contributed by atoms with Crippen LogP contribution in [0.15, 0.2) is 46.8 Å². The molecule has 0 aromatic heterocycles. The van der Waals surface area contributed by atoms with Gasteiger partial charge in [-0.1, -0.05) is 37.5 Å². The number of alkyl halides is 3. The minimum absolute atomic E-state index is 0.281. The molecule has 1 amide bonds. The average molecular weight is 352 g/mol. The zero-order valence-corrected chi connectivity index (χ0v) is 13.8. The minimum Gasteiger partial charge on any atom is -0.482 e. The number of methoxy groups -OCH3 is 1. The molecule has 1 aliphatic heterocycles. The van der Waals surface area contributed by atoms with Crippen LogP contribution in [-0.2, 0) is 9.53 Å². The van der Waals surface area contributed by atoms with Crippen molar-refractivity contribution in [3.8, 4) is 0 Å². The summed E-state index contributed by atoms with van der Waals surface area (Å²) in [4.78, 5) is 18.0. The lowest BCUT2D eigenvalue weighted by Crippen LogP contribution is -2.40. The Balaban J connectivity index is 2.09. The van der Waals surface area contributed by atoms with Crippen LogP contribution in [0.2, 0.25) is 0 Å². The third-order valence-electron chi connectivity index (χ3n) is 4.50. The second-order valence-corrected chi connectivity index (χ2v) is 6.14. The van der Waals surface area contributed by atoms with Gasteiger partial charge in [0.15, 0.2) is 0 Å². The lowest BCUT2D eigenvalue weighted by molar-refractivity contribution is -0.126. The maximum absolute atomic E-state index is 13.7. The molecule has 2 aliphatic rings. The number of ether oxygens (including phenoxy) is 1. The maximum atomic E-state index is 13.7. The Labute approximate surface area is 144 Å². The van der Waals surface area contributed by atoms with Gasteiger partial charge in [-0.25, -0.2) is 4.99 Å². The van der Waals surface area contributed by atoms with Crippen molar-refractivity contribution in [1.29, 1.82) is 0 Å². The number of hydrogen-bond donors (Lipinski definition) is 0. The number of aliphatic imine (C=N–C) groups is 1. The van der Waals surface area contributed by atoms with E-state index >= 15 is 0 Å². The quantitative estimate of drug-likeness (QED) is 0.811. The number of amides is 1. The molecule has 0 atom stereocenters. The molecule has 4 nitrogen and oxygen atoms in total. The van der Waals surface area contributed by atoms with E-state index in [0.29, 0.717) is 18.5 Å². The van der Waals surface area contributed by atoms with Crippen molar-refractivity contribution in [2.45, 2.75) is 44.3 Å². The van der Waals surface area contributed by atoms with E-state index in [1.54, 1.807) is 30.3 Å². The summed E-state index contributed by atoms with van der Waals surface area (Å²) < 4.78 is 46.0. The van der Waals surface area contributed by atoms with Crippen molar-refractivity contribution in [2.75, 3.05) is 7.11 Å². The standard InChI is InChI=1S/C18H19F3N2O2/c1-25-17-14(18(19,20)21)15(22-12-8-4-2-5-9-12)16(24)23(17)13-10-6-3-7-11-13/h2,4-5,8-9,13H,3,6-7,10-11H2,1H3. The first-order valence-electron chi connectivity index (χ1n) is 8.26. The molecule has 0 unspecified atom stereocenters. The number of rotatable bonds is 3. The highest BCUT2D eigenvalue weighted by Crippen LogP contribution is 2.40. The molecule has 0 spiro atoms. The molecular formula is C18H19F3N2O2. The largest absolute Gasteiger partial charge is 0.482 e. The maximum Gasteiger partial charge on any atom is 0.423 e. The zero-order valence-electron chi connectivity index (χ0n) is 13.8. The first kappa shape index (κ1) is 17.5. The van der Waals surface area contributed by atoms with E-state index in [4.69, 9.17) is 4.74 Å². The Kier molecular flexibility index (Phi) is 4.83. The van der Waals surface area contributed by atoms with Gasteiger partial charge in [-0.3, -0.25) is 9.69 Å². The highest BCUT2D eigenvalue weighted by Gasteiger charge is 2.52. The molecule has 1 aromatic rings. The summed E-state index contributed by atoms with van der Waals surface area (Å²) >= 11 is 0. The Hall–Kier alpha value is -2.31. The minimum atomic E-state index is -4.72. The van der Waals surface area contributed by atoms with E-state index in [1.165, 1.54) is 0 Å². The molecule has 3 rings (SSSR count). The van der Waals surface area contributed by atoms with Gasteiger partial charge >= 0.3 is 6.18 Å². The lowest BCUT2D eigenvalue weighted by Gasteiger charge is -2.31. The van der Waals surface area contributed by atoms with E-state index < -0.39 is 29.3 Å². The Morgan fingerprint density at radius 1 is 1.12 bits per heavy atom. The molecule has 1 aromatic carbocycles. The fourth-order valence-electron chi connectivity index (χ4n) is 3.40. The van der Waals surface area contributed by atoms with Crippen LogP contribution in [0.4, 0.5) is 18.9 Å². The van der Waals surface area contributed by atoms with Gasteiger partial charge in [0, 0.05) is 6.04 Å². The number of carbonyl (C=O) groups excluding carboxylic acids is 1. The summed E-state index contributed by atoms with van der Waals surface area (Å²) in [6.45, 7) is 0. The monoisotopic (exact) mass is 352 g/mol. The topological polar surface area (TPSA) is 41.9 Å². The average Bonchev–Trinajstić information content (AvgIpc) is 2.88. The van der Waals surface area contributed by atoms with Crippen LogP contribution in [0.25, 0.3) is 0 Å². The van der Waals surface area contributed by atoms with E-state index in [-0.39, 0.29) is 6.04 Å². The van der Waals surface area contributed by atoms with Gasteiger partial charge in [-0.05, 0) is 25.0 Å². The fraction of sp³-hybridized carbons (Fsp3) is 0.444. The smallest absolute Gasteiger partial charge is 0.423 e. The Bertz CT molecular complexity index is 705. The number of benzene rings is 1. The Morgan fingerprint density at radius 2 is 1.76 bits per heavy atom. The second-order valence-electron chi connectivity index (χ2n) is 6.14. The van der Waals surface area contributed by atoms with Crippen molar-refractivity contribution in [2.24, 2.45) is 4.99 Å². The predicted molar refractivity (Wildman–Crippen MR) is 87.3 cm³/mol. The van der Waals surface area contributed by atoms with E-state index in [9.17, 15) is 18.0 Å². The molecular weight excluding hydrogens is 333 g/mol. The van der Waals surface area contributed by atoms with Crippen LogP contribution >= 0.6 is 0 Å². The molecule has 25 heavy (non-hydrogen) atoms. The van der Waals surface area contributed by atoms with Gasteiger partial charge in [0.1, 0.15) is 11.3 Å². The Morgan fingerprint density at radius 3 is 2.32 bits per heavy atom. The van der Waals surface area contributed by atoms with Gasteiger partial charge in [0.2, 0.25) is 5.88 Å². The molecule has 0 N–H and O–H groups in total. The number of hydrogen-bond acceptors (Lipinski definition) is 3. The lowest BCUT2D eigenvalue weighted by atomic mass is 9.94. The summed E-state index contributed by atoms with van der Waals surface area (Å²) in [5.74, 6) is -1.17. The second kappa shape index (κ2) is 6.90. The van der Waals surface area contributed by atoms with Crippen LogP contribution in [0, 0.1) is 0 Å². The first-order valence-corrected chi connectivity index (χ1v) is 8.26. The number of nitrogens with zero attached hydrogens (tertiary/aromatic N) is 2. The third kappa shape index (κ3) is 3.41. The van der Waals surface area contributed by atoms with Gasteiger partial charge in [0.25, 0.3) is 5.91 Å². The van der Waals surface area contributed by atoms with Gasteiger partial charge in [-0.15, -0.1) is 0 Å². The van der Waals surface area contributed by atoms with Crippen molar-refractivity contribution >= 4 is 17.3 Å². The van der Waals surface area contributed by atoms with E-state index in [0.717, 1.165) is 31.3 Å². The van der Waals surface area contributed by atoms with Crippen molar-refractivity contribution in [1.82, 2.24) is 4.90 Å². The summed E-state index contributed by atoms with van der Waals surface area (Å²) in [6, 6.07) is 7.89. The summed E-state index contributed by atoms with van der Waals surface area (Å²) in [7, 11) is 1.16. The summed E-state index contributed by atoms with van der Waals surface area (Å²) in [6.07, 6.45) is -0.583. The van der Waals surface area contributed by atoms with Crippen LogP contribution in [-0.4, -0.2) is 35.8 Å². The molecule has 1 aliphatic carbocycles. The zero-order chi connectivity index (χ0) is 18.0. The van der Waals surface area contributed by atoms with Crippen molar-refractivity contribution in [3.63, 3.8) is 0 Å².